The molecule has 1 unspecified atom stereocenters. The first-order valence-corrected chi connectivity index (χ1v) is 24.5. The molecule has 0 fully saturated rings. The van der Waals surface area contributed by atoms with Crippen LogP contribution < -0.4 is 4.89 Å². The number of unbranched alkanes of at least 4 members (excludes halogenated alkanes) is 27. The summed E-state index contributed by atoms with van der Waals surface area (Å²) in [5.74, 6) is -1.08. The maximum absolute atomic E-state index is 12.6. The Morgan fingerprint density at radius 1 is 0.589 bits per heavy atom. The van der Waals surface area contributed by atoms with Crippen LogP contribution >= 0.6 is 7.82 Å². The molecule has 10 heteroatoms. The van der Waals surface area contributed by atoms with Crippen LogP contribution in [-0.2, 0) is 32.7 Å². The van der Waals surface area contributed by atoms with E-state index in [-0.39, 0.29) is 19.6 Å². The Hall–Kier alpha value is -1.51. The van der Waals surface area contributed by atoms with Gasteiger partial charge in [0.05, 0.1) is 27.7 Å². The average Bonchev–Trinajstić information content (AvgIpc) is 3.15. The van der Waals surface area contributed by atoms with E-state index in [9.17, 15) is 19.0 Å². The third-order valence-corrected chi connectivity index (χ3v) is 11.0. The molecule has 0 amide bonds. The van der Waals surface area contributed by atoms with Crippen LogP contribution in [0.4, 0.5) is 0 Å². The fourth-order valence-electron chi connectivity index (χ4n) is 6.45. The van der Waals surface area contributed by atoms with E-state index >= 15 is 0 Å². The van der Waals surface area contributed by atoms with Gasteiger partial charge in [0, 0.05) is 12.5 Å². The Balaban J connectivity index is 4.39. The Labute approximate surface area is 345 Å². The van der Waals surface area contributed by atoms with Gasteiger partial charge in [-0.3, -0.25) is 9.36 Å². The molecule has 0 aromatic rings. The number of quaternary nitrogens is 1. The molecule has 0 aliphatic heterocycles. The molecule has 0 aromatic heterocycles. The standard InChI is InChI=1S/C46H88NO8P/c1-6-8-10-12-14-16-18-20-22-23-25-26-28-30-32-34-36-38-45(48)52-42-44(43-54-56(50,51)53-41-40-47(3,4)5)55-46(49)39-37-35-33-31-29-27-24-21-19-17-15-13-11-9-7-2/h33,35,37,39,44H,6-32,34,36,38,40-43H2,1-5H3/b35-33+,39-37+/t44-/m1/s1. The van der Waals surface area contributed by atoms with E-state index in [4.69, 9.17) is 18.5 Å². The number of nitrogens with zero attached hydrogens (tertiary/aromatic N) is 1. The number of phosphoric acid groups is 1. The minimum Gasteiger partial charge on any atom is -0.756 e. The first-order chi connectivity index (χ1) is 27.0. The highest BCUT2D eigenvalue weighted by Gasteiger charge is 2.21. The fourth-order valence-corrected chi connectivity index (χ4v) is 7.17. The minimum absolute atomic E-state index is 0.0443. The summed E-state index contributed by atoms with van der Waals surface area (Å²) in [5, 5.41) is 0. The number of rotatable bonds is 42. The van der Waals surface area contributed by atoms with Crippen LogP contribution in [0.25, 0.3) is 0 Å². The van der Waals surface area contributed by atoms with Crippen molar-refractivity contribution in [1.29, 1.82) is 0 Å². The summed E-state index contributed by atoms with van der Waals surface area (Å²) in [6.45, 7) is 4.13. The number of phosphoric ester groups is 1. The van der Waals surface area contributed by atoms with Crippen LogP contribution in [0.1, 0.15) is 206 Å². The van der Waals surface area contributed by atoms with Crippen molar-refractivity contribution in [3.8, 4) is 0 Å². The quantitative estimate of drug-likeness (QED) is 0.0150. The molecule has 0 bridgehead atoms. The van der Waals surface area contributed by atoms with Gasteiger partial charge in [-0.25, -0.2) is 4.79 Å². The van der Waals surface area contributed by atoms with Crippen molar-refractivity contribution in [3.63, 3.8) is 0 Å². The van der Waals surface area contributed by atoms with Gasteiger partial charge in [0.15, 0.2) is 6.10 Å². The van der Waals surface area contributed by atoms with Crippen molar-refractivity contribution < 1.29 is 42.1 Å². The zero-order chi connectivity index (χ0) is 41.4. The lowest BCUT2D eigenvalue weighted by molar-refractivity contribution is -0.870. The molecule has 0 N–H and O–H groups in total. The molecule has 0 aromatic carbocycles. The highest BCUT2D eigenvalue weighted by molar-refractivity contribution is 7.45. The Bertz CT molecular complexity index is 1010. The summed E-state index contributed by atoms with van der Waals surface area (Å²) >= 11 is 0. The second kappa shape index (κ2) is 39.0. The molecule has 2 atom stereocenters. The SMILES string of the molecule is CCCCCCCCCCCCC/C=C/C=C/C(=O)O[C@H](COC(=O)CCCCCCCCCCCCCCCCCCC)COP(=O)([O-])OCC[N+](C)(C)C. The number of likely N-dealkylation sites (N-methyl/N-ethyl adjacent to an activating group) is 1. The summed E-state index contributed by atoms with van der Waals surface area (Å²) in [4.78, 5) is 37.4. The predicted octanol–water partition coefficient (Wildman–Crippen LogP) is 12.5. The molecule has 0 spiro atoms. The number of carbonyl (C=O) groups excluding carboxylic acids is 2. The third kappa shape index (κ3) is 42.1. The van der Waals surface area contributed by atoms with E-state index in [1.807, 2.05) is 33.3 Å². The lowest BCUT2D eigenvalue weighted by atomic mass is 10.0. The number of ether oxygens (including phenoxy) is 2. The zero-order valence-corrected chi connectivity index (χ0v) is 38.0. The first-order valence-electron chi connectivity index (χ1n) is 23.1. The molecular formula is C46H88NO8P. The fraction of sp³-hybridized carbons (Fsp3) is 0.870. The third-order valence-electron chi connectivity index (χ3n) is 10.1. The molecule has 0 saturated carbocycles. The van der Waals surface area contributed by atoms with Gasteiger partial charge < -0.3 is 27.9 Å². The molecule has 0 rings (SSSR count). The lowest BCUT2D eigenvalue weighted by Gasteiger charge is -2.28. The molecule has 0 saturated heterocycles. The number of esters is 2. The second-order valence-electron chi connectivity index (χ2n) is 16.9. The van der Waals surface area contributed by atoms with Gasteiger partial charge in [-0.1, -0.05) is 199 Å². The molecule has 0 heterocycles. The van der Waals surface area contributed by atoms with E-state index in [0.29, 0.717) is 11.0 Å². The monoisotopic (exact) mass is 814 g/mol. The Morgan fingerprint density at radius 2 is 1.02 bits per heavy atom. The average molecular weight is 814 g/mol. The zero-order valence-electron chi connectivity index (χ0n) is 37.1. The Kier molecular flexibility index (Phi) is 37.9. The smallest absolute Gasteiger partial charge is 0.331 e. The van der Waals surface area contributed by atoms with Crippen LogP contribution in [0.15, 0.2) is 24.3 Å². The number of carbonyl (C=O) groups is 2. The summed E-state index contributed by atoms with van der Waals surface area (Å²) in [7, 11) is 1.12. The topological polar surface area (TPSA) is 111 Å². The molecule has 0 aliphatic rings. The van der Waals surface area contributed by atoms with E-state index in [0.717, 1.165) is 32.1 Å². The second-order valence-corrected chi connectivity index (χ2v) is 18.3. The molecule has 9 nitrogen and oxygen atoms in total. The van der Waals surface area contributed by atoms with Crippen LogP contribution in [0, 0.1) is 0 Å². The van der Waals surface area contributed by atoms with Crippen molar-refractivity contribution in [2.24, 2.45) is 0 Å². The molecule has 56 heavy (non-hydrogen) atoms. The van der Waals surface area contributed by atoms with Gasteiger partial charge in [0.2, 0.25) is 0 Å². The lowest BCUT2D eigenvalue weighted by Crippen LogP contribution is -2.37. The van der Waals surface area contributed by atoms with Gasteiger partial charge in [-0.2, -0.15) is 0 Å². The van der Waals surface area contributed by atoms with E-state index < -0.39 is 32.5 Å². The van der Waals surface area contributed by atoms with E-state index in [1.54, 1.807) is 6.08 Å². The van der Waals surface area contributed by atoms with E-state index in [2.05, 4.69) is 13.8 Å². The van der Waals surface area contributed by atoms with Gasteiger partial charge >= 0.3 is 11.9 Å². The Morgan fingerprint density at radius 3 is 1.46 bits per heavy atom. The minimum atomic E-state index is -4.65. The van der Waals surface area contributed by atoms with Gasteiger partial charge in [-0.15, -0.1) is 0 Å². The van der Waals surface area contributed by atoms with Crippen molar-refractivity contribution in [3.05, 3.63) is 24.3 Å². The van der Waals surface area contributed by atoms with Crippen LogP contribution in [0.2, 0.25) is 0 Å². The number of hydrogen-bond donors (Lipinski definition) is 0. The van der Waals surface area contributed by atoms with Gasteiger partial charge in [-0.05, 0) is 19.3 Å². The summed E-state index contributed by atoms with van der Waals surface area (Å²) < 4.78 is 33.7. The van der Waals surface area contributed by atoms with E-state index in [1.165, 1.54) is 160 Å². The van der Waals surface area contributed by atoms with Crippen LogP contribution in [0.5, 0.6) is 0 Å². The number of hydrogen-bond acceptors (Lipinski definition) is 8. The molecule has 0 radical (unpaired) electrons. The summed E-state index contributed by atoms with van der Waals surface area (Å²) in [5.41, 5.74) is 0. The van der Waals surface area contributed by atoms with Crippen molar-refractivity contribution >= 4 is 19.8 Å². The maximum atomic E-state index is 12.6. The van der Waals surface area contributed by atoms with Gasteiger partial charge in [0.1, 0.15) is 19.8 Å². The van der Waals surface area contributed by atoms with Crippen LogP contribution in [-0.4, -0.2) is 70.0 Å². The van der Waals surface area contributed by atoms with Gasteiger partial charge in [0.25, 0.3) is 7.82 Å². The van der Waals surface area contributed by atoms with Crippen molar-refractivity contribution in [2.75, 3.05) is 47.5 Å². The largest absolute Gasteiger partial charge is 0.756 e. The highest BCUT2D eigenvalue weighted by atomic mass is 31.2. The van der Waals surface area contributed by atoms with Crippen LogP contribution in [0.3, 0.4) is 0 Å². The predicted molar refractivity (Wildman–Crippen MR) is 231 cm³/mol. The molecule has 330 valence electrons. The van der Waals surface area contributed by atoms with Crippen molar-refractivity contribution in [1.82, 2.24) is 0 Å². The molecular weight excluding hydrogens is 725 g/mol. The summed E-state index contributed by atoms with van der Waals surface area (Å²) in [6, 6.07) is 0. The molecule has 0 aliphatic carbocycles. The normalized spacial score (nSPS) is 13.8. The maximum Gasteiger partial charge on any atom is 0.331 e. The highest BCUT2D eigenvalue weighted by Crippen LogP contribution is 2.38. The number of allylic oxidation sites excluding steroid dienone is 3. The first kappa shape index (κ1) is 54.5. The summed E-state index contributed by atoms with van der Waals surface area (Å²) in [6.07, 6.45) is 42.7. The van der Waals surface area contributed by atoms with Crippen molar-refractivity contribution in [2.45, 2.75) is 213 Å².